The van der Waals surface area contributed by atoms with E-state index in [0.29, 0.717) is 21.4 Å². The summed E-state index contributed by atoms with van der Waals surface area (Å²) in [5, 5.41) is 9.05. The molecule has 0 N–H and O–H groups in total. The molecule has 0 radical (unpaired) electrons. The summed E-state index contributed by atoms with van der Waals surface area (Å²) in [5.41, 5.74) is 1.81. The fraction of sp³-hybridized carbons (Fsp3) is 0.182. The van der Waals surface area contributed by atoms with Gasteiger partial charge in [0.15, 0.2) is 5.69 Å². The molecule has 0 fully saturated rings. The number of hydrogen-bond acceptors (Lipinski definition) is 4. The molecule has 2 heterocycles. The summed E-state index contributed by atoms with van der Waals surface area (Å²) in [6.07, 6.45) is 1.70. The molecule has 0 aliphatic carbocycles. The van der Waals surface area contributed by atoms with Crippen LogP contribution in [-0.4, -0.2) is 22.5 Å². The Kier molecular flexibility index (Phi) is 2.86. The van der Waals surface area contributed by atoms with Crippen molar-refractivity contribution in [1.29, 1.82) is 5.26 Å². The van der Waals surface area contributed by atoms with E-state index in [1.54, 1.807) is 23.6 Å². The van der Waals surface area contributed by atoms with Gasteiger partial charge in [-0.25, -0.2) is 9.78 Å². The average Bonchev–Trinajstić information content (AvgIpc) is 2.62. The molecular weight excluding hydrogens is 286 g/mol. The van der Waals surface area contributed by atoms with Crippen LogP contribution in [0.15, 0.2) is 16.7 Å². The summed E-state index contributed by atoms with van der Waals surface area (Å²) >= 11 is 3.28. The number of aryl methyl sites for hydroxylation is 1. The third kappa shape index (κ3) is 1.78. The van der Waals surface area contributed by atoms with Crippen molar-refractivity contribution in [3.05, 3.63) is 33.8 Å². The van der Waals surface area contributed by atoms with Crippen molar-refractivity contribution in [1.82, 2.24) is 9.38 Å². The minimum atomic E-state index is -0.520. The van der Waals surface area contributed by atoms with Crippen LogP contribution in [0.25, 0.3) is 5.52 Å². The average molecular weight is 294 g/mol. The molecule has 86 valence electrons. The van der Waals surface area contributed by atoms with E-state index in [-0.39, 0.29) is 5.69 Å². The SMILES string of the molecule is COC(=O)c1nc(C)cn2c(C#N)c(Br)cc12. The molecule has 0 bridgehead atoms. The van der Waals surface area contributed by atoms with Crippen LogP contribution < -0.4 is 0 Å². The summed E-state index contributed by atoms with van der Waals surface area (Å²) in [5.74, 6) is -0.520. The molecule has 2 rings (SSSR count). The lowest BCUT2D eigenvalue weighted by atomic mass is 10.3. The second kappa shape index (κ2) is 4.18. The maximum Gasteiger partial charge on any atom is 0.358 e. The molecule has 0 aliphatic rings. The van der Waals surface area contributed by atoms with Crippen LogP contribution in [0, 0.1) is 18.3 Å². The summed E-state index contributed by atoms with van der Waals surface area (Å²) in [7, 11) is 1.30. The minimum Gasteiger partial charge on any atom is -0.464 e. The number of nitrogens with zero attached hydrogens (tertiary/aromatic N) is 3. The lowest BCUT2D eigenvalue weighted by Crippen LogP contribution is -2.08. The summed E-state index contributed by atoms with van der Waals surface area (Å²) in [4.78, 5) is 15.7. The minimum absolute atomic E-state index is 0.203. The largest absolute Gasteiger partial charge is 0.464 e. The van der Waals surface area contributed by atoms with Gasteiger partial charge >= 0.3 is 5.97 Å². The Hall–Kier alpha value is -1.87. The molecule has 0 amide bonds. The smallest absolute Gasteiger partial charge is 0.358 e. The van der Waals surface area contributed by atoms with Gasteiger partial charge < -0.3 is 9.14 Å². The Balaban J connectivity index is 2.87. The molecule has 2 aromatic rings. The monoisotopic (exact) mass is 293 g/mol. The number of nitriles is 1. The summed E-state index contributed by atoms with van der Waals surface area (Å²) < 4.78 is 6.92. The first-order valence-corrected chi connectivity index (χ1v) is 5.54. The number of carbonyl (C=O) groups is 1. The number of ether oxygens (including phenoxy) is 1. The zero-order valence-corrected chi connectivity index (χ0v) is 10.8. The van der Waals surface area contributed by atoms with Crippen molar-refractivity contribution in [2.75, 3.05) is 7.11 Å². The van der Waals surface area contributed by atoms with Crippen molar-refractivity contribution >= 4 is 27.4 Å². The van der Waals surface area contributed by atoms with Crippen LogP contribution in [0.4, 0.5) is 0 Å². The van der Waals surface area contributed by atoms with Crippen molar-refractivity contribution in [3.63, 3.8) is 0 Å². The predicted octanol–water partition coefficient (Wildman–Crippen LogP) is 2.06. The highest BCUT2D eigenvalue weighted by molar-refractivity contribution is 9.10. The topological polar surface area (TPSA) is 67.4 Å². The van der Waals surface area contributed by atoms with Crippen LogP contribution in [0.5, 0.6) is 0 Å². The molecule has 0 atom stereocenters. The van der Waals surface area contributed by atoms with E-state index in [2.05, 4.69) is 31.7 Å². The Morgan fingerprint density at radius 3 is 2.94 bits per heavy atom. The molecule has 0 saturated carbocycles. The number of esters is 1. The van der Waals surface area contributed by atoms with Gasteiger partial charge in [-0.05, 0) is 28.9 Å². The van der Waals surface area contributed by atoms with Crippen LogP contribution in [0.2, 0.25) is 0 Å². The van der Waals surface area contributed by atoms with E-state index in [1.807, 2.05) is 0 Å². The van der Waals surface area contributed by atoms with Crippen LogP contribution in [-0.2, 0) is 4.74 Å². The van der Waals surface area contributed by atoms with Gasteiger partial charge in [-0.3, -0.25) is 0 Å². The van der Waals surface area contributed by atoms with E-state index in [1.165, 1.54) is 7.11 Å². The van der Waals surface area contributed by atoms with E-state index in [4.69, 9.17) is 5.26 Å². The number of carbonyl (C=O) groups excluding carboxylic acids is 1. The summed E-state index contributed by atoms with van der Waals surface area (Å²) in [6.45, 7) is 1.75. The highest BCUT2D eigenvalue weighted by atomic mass is 79.9. The summed E-state index contributed by atoms with van der Waals surface area (Å²) in [6, 6.07) is 3.74. The maximum atomic E-state index is 11.6. The standard InChI is InChI=1S/C11H8BrN3O2/c1-6-5-15-8(3-7(12)9(15)4-13)10(14-6)11(16)17-2/h3,5H,1-2H3. The van der Waals surface area contributed by atoms with Gasteiger partial charge in [0.1, 0.15) is 11.8 Å². The van der Waals surface area contributed by atoms with Gasteiger partial charge in [0.2, 0.25) is 0 Å². The molecular formula is C11H8BrN3O2. The fourth-order valence-electron chi connectivity index (χ4n) is 1.61. The first kappa shape index (κ1) is 11.6. The third-order valence-corrected chi connectivity index (χ3v) is 2.93. The van der Waals surface area contributed by atoms with E-state index < -0.39 is 5.97 Å². The van der Waals surface area contributed by atoms with Crippen LogP contribution in [0.1, 0.15) is 21.9 Å². The zero-order chi connectivity index (χ0) is 12.6. The Morgan fingerprint density at radius 2 is 2.35 bits per heavy atom. The molecule has 17 heavy (non-hydrogen) atoms. The van der Waals surface area contributed by atoms with E-state index in [9.17, 15) is 4.79 Å². The van der Waals surface area contributed by atoms with Crippen molar-refractivity contribution < 1.29 is 9.53 Å². The fourth-order valence-corrected chi connectivity index (χ4v) is 2.11. The van der Waals surface area contributed by atoms with Crippen molar-refractivity contribution in [2.45, 2.75) is 6.92 Å². The van der Waals surface area contributed by atoms with E-state index in [0.717, 1.165) is 0 Å². The lowest BCUT2D eigenvalue weighted by Gasteiger charge is -2.04. The van der Waals surface area contributed by atoms with Gasteiger partial charge in [-0.1, -0.05) is 0 Å². The molecule has 0 unspecified atom stereocenters. The molecule has 0 spiro atoms. The number of fused-ring (bicyclic) bond motifs is 1. The first-order valence-electron chi connectivity index (χ1n) is 4.75. The molecule has 0 aliphatic heterocycles. The van der Waals surface area contributed by atoms with Gasteiger partial charge in [-0.15, -0.1) is 0 Å². The first-order chi connectivity index (χ1) is 8.08. The number of aromatic nitrogens is 2. The quantitative estimate of drug-likeness (QED) is 0.755. The Bertz CT molecular complexity index is 655. The predicted molar refractivity (Wildman–Crippen MR) is 63.7 cm³/mol. The normalized spacial score (nSPS) is 10.2. The number of halogens is 1. The molecule has 5 nitrogen and oxygen atoms in total. The van der Waals surface area contributed by atoms with Gasteiger partial charge in [0.05, 0.1) is 22.8 Å². The highest BCUT2D eigenvalue weighted by Gasteiger charge is 2.17. The van der Waals surface area contributed by atoms with Crippen molar-refractivity contribution in [3.8, 4) is 6.07 Å². The molecule has 6 heteroatoms. The van der Waals surface area contributed by atoms with Crippen LogP contribution >= 0.6 is 15.9 Å². The molecule has 0 saturated heterocycles. The number of rotatable bonds is 1. The van der Waals surface area contributed by atoms with Crippen LogP contribution in [0.3, 0.4) is 0 Å². The highest BCUT2D eigenvalue weighted by Crippen LogP contribution is 2.24. The van der Waals surface area contributed by atoms with Gasteiger partial charge in [-0.2, -0.15) is 5.26 Å². The Labute approximate surface area is 106 Å². The number of hydrogen-bond donors (Lipinski definition) is 0. The second-order valence-electron chi connectivity index (χ2n) is 3.43. The molecule has 0 aromatic carbocycles. The van der Waals surface area contributed by atoms with Gasteiger partial charge in [0.25, 0.3) is 0 Å². The van der Waals surface area contributed by atoms with Gasteiger partial charge in [0, 0.05) is 6.20 Å². The Morgan fingerprint density at radius 1 is 1.65 bits per heavy atom. The van der Waals surface area contributed by atoms with E-state index >= 15 is 0 Å². The maximum absolute atomic E-state index is 11.6. The molecule has 2 aromatic heterocycles. The lowest BCUT2D eigenvalue weighted by molar-refractivity contribution is 0.0595. The third-order valence-electron chi connectivity index (χ3n) is 2.32. The second-order valence-corrected chi connectivity index (χ2v) is 4.28. The van der Waals surface area contributed by atoms with Crippen molar-refractivity contribution in [2.24, 2.45) is 0 Å². The number of methoxy groups -OCH3 is 1. The zero-order valence-electron chi connectivity index (χ0n) is 9.19.